The Morgan fingerprint density at radius 2 is 1.73 bits per heavy atom. The highest BCUT2D eigenvalue weighted by Crippen LogP contribution is 2.28. The molecule has 0 aliphatic heterocycles. The van der Waals surface area contributed by atoms with Gasteiger partial charge in [0.15, 0.2) is 11.5 Å². The molecule has 0 saturated carbocycles. The number of carbonyl (C=O) groups excluding carboxylic acids is 2. The maximum Gasteiger partial charge on any atom is 0.267 e. The van der Waals surface area contributed by atoms with Crippen molar-refractivity contribution >= 4 is 17.9 Å². The predicted molar refractivity (Wildman–Crippen MR) is 103 cm³/mol. The van der Waals surface area contributed by atoms with Gasteiger partial charge in [-0.25, -0.2) is 0 Å². The molecule has 0 aliphatic carbocycles. The zero-order chi connectivity index (χ0) is 19.9. The number of rotatable bonds is 7. The highest BCUT2D eigenvalue weighted by molar-refractivity contribution is 6.02. The third kappa shape index (κ3) is 6.43. The highest BCUT2D eigenvalue weighted by atomic mass is 16.5. The SMILES string of the molecule is COc1ccc(/C=C(/NC(=O)C(C)(C)C)C(=O)NCC(C)C)cc1OC. The van der Waals surface area contributed by atoms with Crippen LogP contribution >= 0.6 is 0 Å². The Hall–Kier alpha value is -2.50. The van der Waals surface area contributed by atoms with E-state index in [9.17, 15) is 9.59 Å². The molecular formula is C20H30N2O4. The Bertz CT molecular complexity index is 673. The van der Waals surface area contributed by atoms with Crippen molar-refractivity contribution < 1.29 is 19.1 Å². The van der Waals surface area contributed by atoms with E-state index in [4.69, 9.17) is 9.47 Å². The average Bonchev–Trinajstić information content (AvgIpc) is 2.57. The van der Waals surface area contributed by atoms with Crippen molar-refractivity contribution in [2.75, 3.05) is 20.8 Å². The molecule has 2 N–H and O–H groups in total. The van der Waals surface area contributed by atoms with E-state index in [2.05, 4.69) is 10.6 Å². The summed E-state index contributed by atoms with van der Waals surface area (Å²) in [6.07, 6.45) is 1.63. The topological polar surface area (TPSA) is 76.7 Å². The van der Waals surface area contributed by atoms with E-state index in [0.717, 1.165) is 0 Å². The third-order valence-electron chi connectivity index (χ3n) is 3.56. The van der Waals surface area contributed by atoms with Gasteiger partial charge in [-0.05, 0) is 29.7 Å². The van der Waals surface area contributed by atoms with E-state index in [1.54, 1.807) is 59.3 Å². The smallest absolute Gasteiger partial charge is 0.267 e. The van der Waals surface area contributed by atoms with Crippen molar-refractivity contribution in [3.05, 3.63) is 29.5 Å². The molecule has 0 aromatic heterocycles. The fourth-order valence-electron chi connectivity index (χ4n) is 1.97. The molecule has 0 fully saturated rings. The van der Waals surface area contributed by atoms with Crippen LogP contribution in [0.15, 0.2) is 23.9 Å². The summed E-state index contributed by atoms with van der Waals surface area (Å²) in [5, 5.41) is 5.57. The molecule has 0 aliphatic rings. The number of hydrogen-bond donors (Lipinski definition) is 2. The summed E-state index contributed by atoms with van der Waals surface area (Å²) in [5.74, 6) is 0.883. The molecule has 1 aromatic rings. The predicted octanol–water partition coefficient (Wildman–Crippen LogP) is 2.98. The van der Waals surface area contributed by atoms with E-state index >= 15 is 0 Å². The Morgan fingerprint density at radius 1 is 1.12 bits per heavy atom. The van der Waals surface area contributed by atoms with Crippen LogP contribution < -0.4 is 20.1 Å². The lowest BCUT2D eigenvalue weighted by molar-refractivity contribution is -0.129. The number of benzene rings is 1. The Morgan fingerprint density at radius 3 is 2.23 bits per heavy atom. The van der Waals surface area contributed by atoms with Gasteiger partial charge in [0.05, 0.1) is 14.2 Å². The van der Waals surface area contributed by atoms with Crippen LogP contribution in [-0.2, 0) is 9.59 Å². The molecule has 6 nitrogen and oxygen atoms in total. The first-order valence-electron chi connectivity index (χ1n) is 8.61. The molecule has 0 bridgehead atoms. The maximum atomic E-state index is 12.5. The van der Waals surface area contributed by atoms with E-state index in [1.165, 1.54) is 0 Å². The molecular weight excluding hydrogens is 332 g/mol. The molecule has 6 heteroatoms. The lowest BCUT2D eigenvalue weighted by Crippen LogP contribution is -2.40. The monoisotopic (exact) mass is 362 g/mol. The molecule has 1 aromatic carbocycles. The summed E-state index contributed by atoms with van der Waals surface area (Å²) < 4.78 is 10.5. The second-order valence-electron chi connectivity index (χ2n) is 7.48. The van der Waals surface area contributed by atoms with E-state index in [1.807, 2.05) is 13.8 Å². The van der Waals surface area contributed by atoms with Crippen molar-refractivity contribution in [1.29, 1.82) is 0 Å². The molecule has 1 rings (SSSR count). The quantitative estimate of drug-likeness (QED) is 0.731. The van der Waals surface area contributed by atoms with Gasteiger partial charge in [-0.1, -0.05) is 40.7 Å². The minimum atomic E-state index is -0.616. The number of hydrogen-bond acceptors (Lipinski definition) is 4. The lowest BCUT2D eigenvalue weighted by atomic mass is 9.95. The standard InChI is InChI=1S/C20H30N2O4/c1-13(2)12-21-18(23)15(22-19(24)20(3,4)5)10-14-8-9-16(25-6)17(11-14)26-7/h8-11,13H,12H2,1-7H3,(H,21,23)(H,22,24)/b15-10+. The number of amides is 2. The minimum Gasteiger partial charge on any atom is -0.493 e. The normalized spacial score (nSPS) is 11.9. The Kier molecular flexibility index (Phi) is 7.68. The molecule has 2 amide bonds. The Balaban J connectivity index is 3.19. The van der Waals surface area contributed by atoms with E-state index in [0.29, 0.717) is 29.5 Å². The molecule has 0 unspecified atom stereocenters. The van der Waals surface area contributed by atoms with Crippen LogP contribution in [0.5, 0.6) is 11.5 Å². The lowest BCUT2D eigenvalue weighted by Gasteiger charge is -2.19. The van der Waals surface area contributed by atoms with Crippen LogP contribution in [0.4, 0.5) is 0 Å². The summed E-state index contributed by atoms with van der Waals surface area (Å²) in [5.41, 5.74) is 0.291. The van der Waals surface area contributed by atoms with E-state index < -0.39 is 5.41 Å². The van der Waals surface area contributed by atoms with Gasteiger partial charge < -0.3 is 20.1 Å². The summed E-state index contributed by atoms with van der Waals surface area (Å²) in [4.78, 5) is 24.9. The average molecular weight is 362 g/mol. The van der Waals surface area contributed by atoms with Gasteiger partial charge in [-0.15, -0.1) is 0 Å². The van der Waals surface area contributed by atoms with Crippen LogP contribution in [0, 0.1) is 11.3 Å². The van der Waals surface area contributed by atoms with Gasteiger partial charge in [0.1, 0.15) is 5.70 Å². The van der Waals surface area contributed by atoms with Gasteiger partial charge >= 0.3 is 0 Å². The maximum absolute atomic E-state index is 12.5. The fourth-order valence-corrected chi connectivity index (χ4v) is 1.97. The fraction of sp³-hybridized carbons (Fsp3) is 0.500. The molecule has 0 atom stereocenters. The molecule has 0 radical (unpaired) electrons. The van der Waals surface area contributed by atoms with Gasteiger partial charge in [-0.3, -0.25) is 9.59 Å². The van der Waals surface area contributed by atoms with Gasteiger partial charge in [0.25, 0.3) is 5.91 Å². The summed E-state index contributed by atoms with van der Waals surface area (Å²) in [6.45, 7) is 9.91. The molecule has 26 heavy (non-hydrogen) atoms. The second-order valence-corrected chi connectivity index (χ2v) is 7.48. The third-order valence-corrected chi connectivity index (χ3v) is 3.56. The van der Waals surface area contributed by atoms with Gasteiger partial charge in [0.2, 0.25) is 5.91 Å². The molecule has 0 heterocycles. The number of nitrogens with one attached hydrogen (secondary N) is 2. The second kappa shape index (κ2) is 9.27. The first-order valence-corrected chi connectivity index (χ1v) is 8.61. The van der Waals surface area contributed by atoms with Crippen LogP contribution in [0.25, 0.3) is 6.08 Å². The van der Waals surface area contributed by atoms with Crippen molar-refractivity contribution in [3.63, 3.8) is 0 Å². The van der Waals surface area contributed by atoms with Crippen LogP contribution in [0.1, 0.15) is 40.2 Å². The van der Waals surface area contributed by atoms with Gasteiger partial charge in [0, 0.05) is 12.0 Å². The molecule has 0 saturated heterocycles. The summed E-state index contributed by atoms with van der Waals surface area (Å²) in [6, 6.07) is 5.29. The Labute approximate surface area is 156 Å². The first-order chi connectivity index (χ1) is 12.1. The number of methoxy groups -OCH3 is 2. The van der Waals surface area contributed by atoms with E-state index in [-0.39, 0.29) is 17.5 Å². The first kappa shape index (κ1) is 21.5. The highest BCUT2D eigenvalue weighted by Gasteiger charge is 2.24. The largest absolute Gasteiger partial charge is 0.493 e. The van der Waals surface area contributed by atoms with Crippen molar-refractivity contribution in [2.24, 2.45) is 11.3 Å². The van der Waals surface area contributed by atoms with Crippen molar-refractivity contribution in [2.45, 2.75) is 34.6 Å². The minimum absolute atomic E-state index is 0.192. The van der Waals surface area contributed by atoms with Crippen LogP contribution in [-0.4, -0.2) is 32.6 Å². The molecule has 0 spiro atoms. The van der Waals surface area contributed by atoms with Gasteiger partial charge in [-0.2, -0.15) is 0 Å². The number of carbonyl (C=O) groups is 2. The zero-order valence-corrected chi connectivity index (χ0v) is 16.7. The van der Waals surface area contributed by atoms with Crippen LogP contribution in [0.2, 0.25) is 0 Å². The molecule has 144 valence electrons. The van der Waals surface area contributed by atoms with Crippen LogP contribution in [0.3, 0.4) is 0 Å². The zero-order valence-electron chi connectivity index (χ0n) is 16.7. The summed E-state index contributed by atoms with van der Waals surface area (Å²) >= 11 is 0. The van der Waals surface area contributed by atoms with Crippen molar-refractivity contribution in [1.82, 2.24) is 10.6 Å². The summed E-state index contributed by atoms with van der Waals surface area (Å²) in [7, 11) is 3.10. The van der Waals surface area contributed by atoms with Crippen molar-refractivity contribution in [3.8, 4) is 11.5 Å². The number of ether oxygens (including phenoxy) is 2.